The highest BCUT2D eigenvalue weighted by molar-refractivity contribution is 7.15. The Morgan fingerprint density at radius 3 is 3.00 bits per heavy atom. The fraction of sp³-hybridized carbons (Fsp3) is 0.222. The molecule has 6 heteroatoms. The van der Waals surface area contributed by atoms with E-state index in [-0.39, 0.29) is 6.42 Å². The second-order valence-corrected chi connectivity index (χ2v) is 4.21. The van der Waals surface area contributed by atoms with E-state index in [0.717, 1.165) is 15.6 Å². The van der Waals surface area contributed by atoms with Crippen LogP contribution in [0.15, 0.2) is 18.7 Å². The van der Waals surface area contributed by atoms with E-state index in [1.165, 1.54) is 11.3 Å². The number of carbonyl (C=O) groups is 1. The Kier molecular flexibility index (Phi) is 2.51. The van der Waals surface area contributed by atoms with Crippen molar-refractivity contribution in [2.75, 3.05) is 0 Å². The van der Waals surface area contributed by atoms with Crippen molar-refractivity contribution >= 4 is 17.3 Å². The number of aromatic nitrogens is 3. The minimum atomic E-state index is -0.838. The van der Waals surface area contributed by atoms with Crippen LogP contribution in [0.3, 0.4) is 0 Å². The Hall–Kier alpha value is -1.69. The molecule has 0 atom stereocenters. The zero-order valence-electron chi connectivity index (χ0n) is 8.04. The van der Waals surface area contributed by atoms with Crippen molar-refractivity contribution in [3.63, 3.8) is 0 Å². The smallest absolute Gasteiger partial charge is 0.308 e. The largest absolute Gasteiger partial charge is 0.481 e. The quantitative estimate of drug-likeness (QED) is 0.848. The molecular formula is C9H9N3O2S. The summed E-state index contributed by atoms with van der Waals surface area (Å²) in [6, 6.07) is 0. The number of carboxylic acid groups (broad SMARTS) is 1. The zero-order valence-corrected chi connectivity index (χ0v) is 8.86. The lowest BCUT2D eigenvalue weighted by Crippen LogP contribution is -1.97. The minimum Gasteiger partial charge on any atom is -0.481 e. The van der Waals surface area contributed by atoms with E-state index in [9.17, 15) is 4.79 Å². The van der Waals surface area contributed by atoms with Crippen LogP contribution in [0.25, 0.3) is 10.7 Å². The van der Waals surface area contributed by atoms with Gasteiger partial charge >= 0.3 is 5.97 Å². The molecule has 2 aromatic heterocycles. The highest BCUT2D eigenvalue weighted by Crippen LogP contribution is 2.24. The van der Waals surface area contributed by atoms with Crippen LogP contribution >= 0.6 is 11.3 Å². The maximum Gasteiger partial charge on any atom is 0.308 e. The third kappa shape index (κ3) is 2.04. The topological polar surface area (TPSA) is 68.0 Å². The first-order valence-electron chi connectivity index (χ1n) is 4.30. The summed E-state index contributed by atoms with van der Waals surface area (Å²) in [7, 11) is 1.88. The van der Waals surface area contributed by atoms with Crippen molar-refractivity contribution in [1.82, 2.24) is 14.5 Å². The fourth-order valence-corrected chi connectivity index (χ4v) is 2.18. The molecule has 0 aliphatic rings. The monoisotopic (exact) mass is 223 g/mol. The Morgan fingerprint density at radius 1 is 1.60 bits per heavy atom. The zero-order chi connectivity index (χ0) is 10.8. The van der Waals surface area contributed by atoms with Gasteiger partial charge in [-0.05, 0) is 0 Å². The summed E-state index contributed by atoms with van der Waals surface area (Å²) in [5.74, 6) is -0.838. The number of carboxylic acids is 1. The summed E-state index contributed by atoms with van der Waals surface area (Å²) in [5, 5.41) is 9.42. The molecule has 2 heterocycles. The van der Waals surface area contributed by atoms with Gasteiger partial charge < -0.3 is 9.67 Å². The fourth-order valence-electron chi connectivity index (χ4n) is 1.22. The molecule has 0 fully saturated rings. The predicted octanol–water partition coefficient (Wildman–Crippen LogP) is 1.17. The van der Waals surface area contributed by atoms with E-state index in [1.807, 2.05) is 11.6 Å². The van der Waals surface area contributed by atoms with Crippen LogP contribution in [-0.2, 0) is 18.3 Å². The molecule has 0 aliphatic heterocycles. The standard InChI is InChI=1S/C9H9N3O2S/c1-12-5-10-4-7(12)9-11-3-6(15-9)2-8(13)14/h3-5H,2H2,1H3,(H,13,14). The Labute approximate surface area is 90.0 Å². The number of aliphatic carboxylic acids is 1. The van der Waals surface area contributed by atoms with E-state index in [2.05, 4.69) is 9.97 Å². The summed E-state index contributed by atoms with van der Waals surface area (Å²) in [6.07, 6.45) is 5.02. The number of nitrogens with zero attached hydrogens (tertiary/aromatic N) is 3. The molecule has 78 valence electrons. The average molecular weight is 223 g/mol. The van der Waals surface area contributed by atoms with Gasteiger partial charge in [0.1, 0.15) is 5.01 Å². The minimum absolute atomic E-state index is 0.0233. The molecule has 0 amide bonds. The lowest BCUT2D eigenvalue weighted by molar-refractivity contribution is -0.136. The number of thiazole rings is 1. The molecule has 2 aromatic rings. The first-order valence-corrected chi connectivity index (χ1v) is 5.11. The third-order valence-electron chi connectivity index (χ3n) is 1.91. The average Bonchev–Trinajstić information content (AvgIpc) is 2.72. The van der Waals surface area contributed by atoms with E-state index < -0.39 is 5.97 Å². The van der Waals surface area contributed by atoms with Crippen LogP contribution in [0.4, 0.5) is 0 Å². The lowest BCUT2D eigenvalue weighted by atomic mass is 10.4. The van der Waals surface area contributed by atoms with E-state index in [4.69, 9.17) is 5.11 Å². The van der Waals surface area contributed by atoms with Gasteiger partial charge in [0.05, 0.1) is 24.6 Å². The van der Waals surface area contributed by atoms with Crippen LogP contribution in [0.2, 0.25) is 0 Å². The number of hydrogen-bond donors (Lipinski definition) is 1. The van der Waals surface area contributed by atoms with Crippen molar-refractivity contribution in [2.24, 2.45) is 7.05 Å². The summed E-state index contributed by atoms with van der Waals surface area (Å²) in [5.41, 5.74) is 0.900. The molecule has 2 rings (SSSR count). The van der Waals surface area contributed by atoms with E-state index >= 15 is 0 Å². The van der Waals surface area contributed by atoms with Crippen molar-refractivity contribution in [1.29, 1.82) is 0 Å². The SMILES string of the molecule is Cn1cncc1-c1ncc(CC(=O)O)s1. The molecule has 0 saturated carbocycles. The van der Waals surface area contributed by atoms with Gasteiger partial charge in [-0.25, -0.2) is 9.97 Å². The molecule has 0 bridgehead atoms. The van der Waals surface area contributed by atoms with Crippen molar-refractivity contribution in [3.05, 3.63) is 23.6 Å². The van der Waals surface area contributed by atoms with Gasteiger partial charge in [-0.15, -0.1) is 11.3 Å². The molecule has 1 N–H and O–H groups in total. The van der Waals surface area contributed by atoms with Crippen molar-refractivity contribution < 1.29 is 9.90 Å². The molecule has 0 unspecified atom stereocenters. The van der Waals surface area contributed by atoms with Gasteiger partial charge in [0.2, 0.25) is 0 Å². The Balaban J connectivity index is 2.28. The highest BCUT2D eigenvalue weighted by atomic mass is 32.1. The third-order valence-corrected chi connectivity index (χ3v) is 2.93. The summed E-state index contributed by atoms with van der Waals surface area (Å²) < 4.78 is 1.85. The van der Waals surface area contributed by atoms with Crippen LogP contribution in [0.5, 0.6) is 0 Å². The number of imidazole rings is 1. The highest BCUT2D eigenvalue weighted by Gasteiger charge is 2.09. The van der Waals surface area contributed by atoms with Gasteiger partial charge in [0, 0.05) is 18.1 Å². The maximum atomic E-state index is 10.5. The summed E-state index contributed by atoms with van der Waals surface area (Å²) >= 11 is 1.38. The molecule has 0 spiro atoms. The molecule has 0 radical (unpaired) electrons. The second kappa shape index (κ2) is 3.82. The first kappa shape index (κ1) is 9.85. The molecular weight excluding hydrogens is 214 g/mol. The number of hydrogen-bond acceptors (Lipinski definition) is 4. The van der Waals surface area contributed by atoms with Gasteiger partial charge in [-0.3, -0.25) is 4.79 Å². The van der Waals surface area contributed by atoms with Gasteiger partial charge in [0.25, 0.3) is 0 Å². The van der Waals surface area contributed by atoms with Crippen LogP contribution in [0.1, 0.15) is 4.88 Å². The first-order chi connectivity index (χ1) is 7.16. The summed E-state index contributed by atoms with van der Waals surface area (Å²) in [6.45, 7) is 0. The van der Waals surface area contributed by atoms with Gasteiger partial charge in [0.15, 0.2) is 0 Å². The molecule has 0 aliphatic carbocycles. The van der Waals surface area contributed by atoms with Gasteiger partial charge in [-0.2, -0.15) is 0 Å². The van der Waals surface area contributed by atoms with Crippen molar-refractivity contribution in [2.45, 2.75) is 6.42 Å². The van der Waals surface area contributed by atoms with Crippen LogP contribution in [-0.4, -0.2) is 25.6 Å². The number of aryl methyl sites for hydroxylation is 1. The second-order valence-electron chi connectivity index (χ2n) is 3.09. The molecule has 5 nitrogen and oxygen atoms in total. The van der Waals surface area contributed by atoms with Crippen LogP contribution in [0, 0.1) is 0 Å². The molecule has 0 aromatic carbocycles. The van der Waals surface area contributed by atoms with Gasteiger partial charge in [-0.1, -0.05) is 0 Å². The molecule has 15 heavy (non-hydrogen) atoms. The van der Waals surface area contributed by atoms with Crippen molar-refractivity contribution in [3.8, 4) is 10.7 Å². The predicted molar refractivity (Wildman–Crippen MR) is 55.7 cm³/mol. The summed E-state index contributed by atoms with van der Waals surface area (Å²) in [4.78, 5) is 19.4. The van der Waals surface area contributed by atoms with E-state index in [1.54, 1.807) is 18.7 Å². The molecule has 0 saturated heterocycles. The number of rotatable bonds is 3. The Morgan fingerprint density at radius 2 is 2.40 bits per heavy atom. The Bertz CT molecular complexity index is 489. The van der Waals surface area contributed by atoms with Crippen LogP contribution < -0.4 is 0 Å². The normalized spacial score (nSPS) is 10.5. The maximum absolute atomic E-state index is 10.5. The van der Waals surface area contributed by atoms with E-state index in [0.29, 0.717) is 0 Å². The lowest BCUT2D eigenvalue weighted by Gasteiger charge is -1.95.